The lowest BCUT2D eigenvalue weighted by molar-refractivity contribution is 0.177. The van der Waals surface area contributed by atoms with E-state index < -0.39 is 0 Å². The molecule has 106 valence electrons. The van der Waals surface area contributed by atoms with Gasteiger partial charge in [-0.05, 0) is 24.3 Å². The lowest BCUT2D eigenvalue weighted by Gasteiger charge is -2.25. The zero-order valence-electron chi connectivity index (χ0n) is 12.4. The van der Waals surface area contributed by atoms with Gasteiger partial charge in [-0.1, -0.05) is 50.2 Å². The first-order valence-corrected chi connectivity index (χ1v) is 7.48. The maximum atomic E-state index is 6.10. The molecule has 0 heterocycles. The van der Waals surface area contributed by atoms with Crippen LogP contribution in [0, 0.1) is 5.41 Å². The Kier molecular flexibility index (Phi) is 3.66. The maximum Gasteiger partial charge on any atom is 0.127 e. The first kappa shape index (κ1) is 13.4. The first-order chi connectivity index (χ1) is 9.64. The molecule has 2 nitrogen and oxygen atoms in total. The summed E-state index contributed by atoms with van der Waals surface area (Å²) in [6.45, 7) is 6.27. The van der Waals surface area contributed by atoms with E-state index in [-0.39, 0.29) is 5.41 Å². The average Bonchev–Trinajstić information content (AvgIpc) is 3.27. The molecule has 0 bridgehead atoms. The van der Waals surface area contributed by atoms with E-state index in [1.807, 2.05) is 0 Å². The number of hydrogen-bond acceptors (Lipinski definition) is 2. The fourth-order valence-electron chi connectivity index (χ4n) is 2.35. The summed E-state index contributed by atoms with van der Waals surface area (Å²) < 4.78 is 6.10. The molecule has 0 spiro atoms. The van der Waals surface area contributed by atoms with Gasteiger partial charge in [-0.3, -0.25) is 0 Å². The molecule has 0 saturated heterocycles. The highest BCUT2D eigenvalue weighted by Gasteiger charge is 2.25. The summed E-state index contributed by atoms with van der Waals surface area (Å²) in [6, 6.07) is 15.4. The van der Waals surface area contributed by atoms with E-state index in [0.29, 0.717) is 0 Å². The molecule has 1 N–H and O–H groups in total. The SMILES string of the molecule is CC(C)(CNC1CC1)COc1cccc2ccccc12. The Morgan fingerprint density at radius 2 is 1.85 bits per heavy atom. The lowest BCUT2D eigenvalue weighted by atomic mass is 9.94. The topological polar surface area (TPSA) is 21.3 Å². The van der Waals surface area contributed by atoms with Crippen molar-refractivity contribution < 1.29 is 4.74 Å². The minimum atomic E-state index is 0.152. The van der Waals surface area contributed by atoms with Crippen molar-refractivity contribution >= 4 is 10.8 Å². The molecule has 20 heavy (non-hydrogen) atoms. The van der Waals surface area contributed by atoms with E-state index >= 15 is 0 Å². The predicted molar refractivity (Wildman–Crippen MR) is 84.2 cm³/mol. The summed E-state index contributed by atoms with van der Waals surface area (Å²) in [5, 5.41) is 6.02. The van der Waals surface area contributed by atoms with E-state index in [1.54, 1.807) is 0 Å². The Labute approximate surface area is 121 Å². The van der Waals surface area contributed by atoms with Gasteiger partial charge in [0.05, 0.1) is 6.61 Å². The minimum Gasteiger partial charge on any atom is -0.492 e. The second kappa shape index (κ2) is 5.45. The van der Waals surface area contributed by atoms with Crippen molar-refractivity contribution in [2.75, 3.05) is 13.2 Å². The Hall–Kier alpha value is -1.54. The van der Waals surface area contributed by atoms with Crippen LogP contribution in [0.3, 0.4) is 0 Å². The smallest absolute Gasteiger partial charge is 0.127 e. The standard InChI is InChI=1S/C18H23NO/c1-18(2,12-19-15-10-11-15)13-20-17-9-5-7-14-6-3-4-8-16(14)17/h3-9,15,19H,10-13H2,1-2H3. The van der Waals surface area contributed by atoms with Crippen LogP contribution in [-0.2, 0) is 0 Å². The molecule has 2 aromatic carbocycles. The quantitative estimate of drug-likeness (QED) is 0.856. The van der Waals surface area contributed by atoms with Crippen molar-refractivity contribution in [1.82, 2.24) is 5.32 Å². The summed E-state index contributed by atoms with van der Waals surface area (Å²) in [7, 11) is 0. The Balaban J connectivity index is 1.66. The fraction of sp³-hybridized carbons (Fsp3) is 0.444. The Bertz CT molecular complexity index is 581. The molecule has 0 atom stereocenters. The van der Waals surface area contributed by atoms with Crippen LogP contribution in [0.4, 0.5) is 0 Å². The van der Waals surface area contributed by atoms with E-state index in [9.17, 15) is 0 Å². The molecule has 0 aliphatic heterocycles. The summed E-state index contributed by atoms with van der Waals surface area (Å²) in [6.07, 6.45) is 2.67. The van der Waals surface area contributed by atoms with Gasteiger partial charge in [-0.25, -0.2) is 0 Å². The fourth-order valence-corrected chi connectivity index (χ4v) is 2.35. The minimum absolute atomic E-state index is 0.152. The predicted octanol–water partition coefficient (Wildman–Crippen LogP) is 4.00. The molecule has 0 aromatic heterocycles. The van der Waals surface area contributed by atoms with Crippen LogP contribution < -0.4 is 10.1 Å². The molecule has 2 aromatic rings. The van der Waals surface area contributed by atoms with Crippen molar-refractivity contribution in [3.63, 3.8) is 0 Å². The molecular weight excluding hydrogens is 246 g/mol. The van der Waals surface area contributed by atoms with Gasteiger partial charge in [-0.2, -0.15) is 0 Å². The summed E-state index contributed by atoms with van der Waals surface area (Å²) >= 11 is 0. The van der Waals surface area contributed by atoms with Gasteiger partial charge >= 0.3 is 0 Å². The molecule has 1 fully saturated rings. The van der Waals surface area contributed by atoms with Crippen molar-refractivity contribution in [1.29, 1.82) is 0 Å². The summed E-state index contributed by atoms with van der Waals surface area (Å²) in [5.41, 5.74) is 0.152. The van der Waals surface area contributed by atoms with Crippen molar-refractivity contribution in [3.8, 4) is 5.75 Å². The summed E-state index contributed by atoms with van der Waals surface area (Å²) in [4.78, 5) is 0. The van der Waals surface area contributed by atoms with E-state index in [1.165, 1.54) is 23.6 Å². The van der Waals surface area contributed by atoms with Gasteiger partial charge in [-0.15, -0.1) is 0 Å². The highest BCUT2D eigenvalue weighted by molar-refractivity contribution is 5.88. The van der Waals surface area contributed by atoms with Crippen LogP contribution in [0.15, 0.2) is 42.5 Å². The number of ether oxygens (including phenoxy) is 1. The van der Waals surface area contributed by atoms with Gasteiger partial charge in [0.25, 0.3) is 0 Å². The number of rotatable bonds is 6. The van der Waals surface area contributed by atoms with Crippen molar-refractivity contribution in [2.24, 2.45) is 5.41 Å². The van der Waals surface area contributed by atoms with Crippen LogP contribution in [0.1, 0.15) is 26.7 Å². The highest BCUT2D eigenvalue weighted by Crippen LogP contribution is 2.27. The molecule has 0 radical (unpaired) electrons. The average molecular weight is 269 g/mol. The number of fused-ring (bicyclic) bond motifs is 1. The van der Waals surface area contributed by atoms with Gasteiger partial charge in [0.1, 0.15) is 5.75 Å². The molecule has 0 unspecified atom stereocenters. The van der Waals surface area contributed by atoms with Crippen LogP contribution in [-0.4, -0.2) is 19.2 Å². The van der Waals surface area contributed by atoms with E-state index in [0.717, 1.165) is 24.9 Å². The molecular formula is C18H23NO. The van der Waals surface area contributed by atoms with Gasteiger partial charge < -0.3 is 10.1 Å². The molecule has 3 rings (SSSR count). The van der Waals surface area contributed by atoms with Gasteiger partial charge in [0, 0.05) is 23.4 Å². The number of benzene rings is 2. The van der Waals surface area contributed by atoms with E-state index in [2.05, 4.69) is 61.6 Å². The van der Waals surface area contributed by atoms with Crippen molar-refractivity contribution in [2.45, 2.75) is 32.7 Å². The molecule has 1 aliphatic carbocycles. The van der Waals surface area contributed by atoms with Gasteiger partial charge in [0.2, 0.25) is 0 Å². The van der Waals surface area contributed by atoms with Gasteiger partial charge in [0.15, 0.2) is 0 Å². The largest absolute Gasteiger partial charge is 0.492 e. The molecule has 0 amide bonds. The third-order valence-electron chi connectivity index (χ3n) is 3.81. The zero-order chi connectivity index (χ0) is 14.0. The monoisotopic (exact) mass is 269 g/mol. The molecule has 1 aliphatic rings. The van der Waals surface area contributed by atoms with Crippen LogP contribution >= 0.6 is 0 Å². The Morgan fingerprint density at radius 3 is 2.65 bits per heavy atom. The van der Waals surface area contributed by atoms with Crippen LogP contribution in [0.2, 0.25) is 0 Å². The molecule has 1 saturated carbocycles. The van der Waals surface area contributed by atoms with Crippen molar-refractivity contribution in [3.05, 3.63) is 42.5 Å². The first-order valence-electron chi connectivity index (χ1n) is 7.48. The summed E-state index contributed by atoms with van der Waals surface area (Å²) in [5.74, 6) is 0.989. The molecule has 2 heteroatoms. The van der Waals surface area contributed by atoms with E-state index in [4.69, 9.17) is 4.74 Å². The maximum absolute atomic E-state index is 6.10. The second-order valence-corrected chi connectivity index (χ2v) is 6.59. The number of hydrogen-bond donors (Lipinski definition) is 1. The normalized spacial score (nSPS) is 15.5. The Morgan fingerprint density at radius 1 is 1.10 bits per heavy atom. The lowest BCUT2D eigenvalue weighted by Crippen LogP contribution is -2.35. The highest BCUT2D eigenvalue weighted by atomic mass is 16.5. The van der Waals surface area contributed by atoms with Crippen LogP contribution in [0.25, 0.3) is 10.8 Å². The second-order valence-electron chi connectivity index (χ2n) is 6.59. The number of nitrogens with one attached hydrogen (secondary N) is 1. The third kappa shape index (κ3) is 3.31. The van der Waals surface area contributed by atoms with Crippen LogP contribution in [0.5, 0.6) is 5.75 Å². The zero-order valence-corrected chi connectivity index (χ0v) is 12.4. The third-order valence-corrected chi connectivity index (χ3v) is 3.81.